The molecule has 2 amide bonds. The largest absolute Gasteiger partial charge is 0.296 e. The Bertz CT molecular complexity index is 369. The molecule has 3 rings (SSSR count). The first-order valence-electron chi connectivity index (χ1n) is 6.17. The maximum atomic E-state index is 11.9. The molecule has 6 unspecified atom stereocenters. The van der Waals surface area contributed by atoms with Crippen molar-refractivity contribution in [2.24, 2.45) is 34.5 Å². The molecule has 88 valence electrons. The van der Waals surface area contributed by atoms with E-state index in [-0.39, 0.29) is 34.5 Å². The minimum absolute atomic E-state index is 0.0229. The van der Waals surface area contributed by atoms with Crippen LogP contribution in [0.5, 0.6) is 0 Å². The van der Waals surface area contributed by atoms with Crippen LogP contribution in [0.1, 0.15) is 34.1 Å². The predicted molar refractivity (Wildman–Crippen MR) is 59.3 cm³/mol. The van der Waals surface area contributed by atoms with E-state index in [0.717, 1.165) is 6.42 Å². The molecule has 16 heavy (non-hydrogen) atoms. The minimum atomic E-state index is -0.0730. The Kier molecular flexibility index (Phi) is 1.62. The fraction of sp³-hybridized carbons (Fsp3) is 0.846. The first kappa shape index (κ1) is 10.3. The molecule has 0 aromatic carbocycles. The molecular formula is C13H19NO2. The van der Waals surface area contributed by atoms with Crippen LogP contribution in [0, 0.1) is 34.5 Å². The van der Waals surface area contributed by atoms with Gasteiger partial charge in [-0.1, -0.05) is 27.7 Å². The van der Waals surface area contributed by atoms with Gasteiger partial charge in [0.25, 0.3) is 0 Å². The van der Waals surface area contributed by atoms with Gasteiger partial charge in [0.15, 0.2) is 0 Å². The molecule has 1 N–H and O–H groups in total. The zero-order valence-electron chi connectivity index (χ0n) is 10.3. The van der Waals surface area contributed by atoms with Gasteiger partial charge in [-0.25, -0.2) is 0 Å². The molecule has 1 aliphatic heterocycles. The lowest BCUT2D eigenvalue weighted by molar-refractivity contribution is -0.129. The molecular weight excluding hydrogens is 202 g/mol. The van der Waals surface area contributed by atoms with Crippen molar-refractivity contribution in [1.29, 1.82) is 0 Å². The van der Waals surface area contributed by atoms with Crippen molar-refractivity contribution in [2.75, 3.05) is 0 Å². The number of rotatable bonds is 0. The summed E-state index contributed by atoms with van der Waals surface area (Å²) in [5.41, 5.74) is 0.0458. The standard InChI is InChI=1S/C13H19NO2/c1-6-7(2)13(4)5-12(6,3)8-9(13)11(16)14-10(8)15/h6-9H,5H2,1-4H3,(H,14,15,16). The molecule has 2 saturated carbocycles. The van der Waals surface area contributed by atoms with Gasteiger partial charge in [-0.2, -0.15) is 0 Å². The topological polar surface area (TPSA) is 46.2 Å². The lowest BCUT2D eigenvalue weighted by Gasteiger charge is -2.42. The van der Waals surface area contributed by atoms with Crippen LogP contribution in [0.15, 0.2) is 0 Å². The molecule has 3 fully saturated rings. The third kappa shape index (κ3) is 0.802. The van der Waals surface area contributed by atoms with Crippen LogP contribution in [-0.4, -0.2) is 11.8 Å². The number of fused-ring (bicyclic) bond motifs is 5. The normalized spacial score (nSPS) is 59.0. The molecule has 3 heteroatoms. The van der Waals surface area contributed by atoms with Crippen LogP contribution < -0.4 is 5.32 Å². The first-order valence-corrected chi connectivity index (χ1v) is 6.17. The average Bonchev–Trinajstić information content (AvgIpc) is 2.68. The summed E-state index contributed by atoms with van der Waals surface area (Å²) in [6.45, 7) is 8.87. The van der Waals surface area contributed by atoms with Crippen LogP contribution in [0.2, 0.25) is 0 Å². The van der Waals surface area contributed by atoms with Crippen molar-refractivity contribution in [3.05, 3.63) is 0 Å². The Morgan fingerprint density at radius 2 is 1.38 bits per heavy atom. The van der Waals surface area contributed by atoms with E-state index in [9.17, 15) is 9.59 Å². The van der Waals surface area contributed by atoms with Gasteiger partial charge >= 0.3 is 0 Å². The monoisotopic (exact) mass is 221 g/mol. The Hall–Kier alpha value is -0.860. The Labute approximate surface area is 96.0 Å². The molecule has 3 aliphatic rings. The molecule has 6 atom stereocenters. The van der Waals surface area contributed by atoms with Crippen molar-refractivity contribution in [3.8, 4) is 0 Å². The number of hydrogen-bond donors (Lipinski definition) is 1. The van der Waals surface area contributed by atoms with Crippen molar-refractivity contribution in [3.63, 3.8) is 0 Å². The number of carbonyl (C=O) groups excluding carboxylic acids is 2. The number of hydrogen-bond acceptors (Lipinski definition) is 2. The van der Waals surface area contributed by atoms with E-state index in [2.05, 4.69) is 33.0 Å². The molecule has 1 heterocycles. The summed E-state index contributed by atoms with van der Waals surface area (Å²) in [6.07, 6.45) is 1.02. The lowest BCUT2D eigenvalue weighted by Crippen LogP contribution is -2.43. The Balaban J connectivity index is 2.17. The second-order valence-electron chi connectivity index (χ2n) is 6.57. The summed E-state index contributed by atoms with van der Waals surface area (Å²) in [6, 6.07) is 0. The van der Waals surface area contributed by atoms with Crippen molar-refractivity contribution in [2.45, 2.75) is 34.1 Å². The SMILES string of the molecule is CC1C(C)C2(C)CC1(C)C1C(=O)NC(=O)C12. The third-order valence-electron chi connectivity index (χ3n) is 6.16. The molecule has 1 saturated heterocycles. The van der Waals surface area contributed by atoms with Gasteiger partial charge in [0, 0.05) is 0 Å². The zero-order chi connectivity index (χ0) is 11.9. The van der Waals surface area contributed by atoms with Crippen molar-refractivity contribution >= 4 is 11.8 Å². The highest BCUT2D eigenvalue weighted by atomic mass is 16.2. The Morgan fingerprint density at radius 1 is 1.00 bits per heavy atom. The minimum Gasteiger partial charge on any atom is -0.296 e. The summed E-state index contributed by atoms with van der Waals surface area (Å²) in [7, 11) is 0. The van der Waals surface area contributed by atoms with Gasteiger partial charge in [0.1, 0.15) is 0 Å². The quantitative estimate of drug-likeness (QED) is 0.631. The van der Waals surface area contributed by atoms with Gasteiger partial charge in [-0.3, -0.25) is 14.9 Å². The third-order valence-corrected chi connectivity index (χ3v) is 6.16. The van der Waals surface area contributed by atoms with E-state index in [4.69, 9.17) is 0 Å². The summed E-state index contributed by atoms with van der Waals surface area (Å²) in [4.78, 5) is 23.8. The van der Waals surface area contributed by atoms with E-state index < -0.39 is 0 Å². The molecule has 0 spiro atoms. The number of nitrogens with one attached hydrogen (secondary N) is 1. The lowest BCUT2D eigenvalue weighted by atomic mass is 9.59. The molecule has 0 aromatic rings. The summed E-state index contributed by atoms with van der Waals surface area (Å²) >= 11 is 0. The Morgan fingerprint density at radius 3 is 1.75 bits per heavy atom. The van der Waals surface area contributed by atoms with E-state index in [1.807, 2.05) is 0 Å². The van der Waals surface area contributed by atoms with Crippen LogP contribution >= 0.6 is 0 Å². The smallest absolute Gasteiger partial charge is 0.231 e. The molecule has 3 nitrogen and oxygen atoms in total. The average molecular weight is 221 g/mol. The fourth-order valence-electron chi connectivity index (χ4n) is 5.01. The van der Waals surface area contributed by atoms with Crippen molar-refractivity contribution in [1.82, 2.24) is 5.32 Å². The predicted octanol–water partition coefficient (Wildman–Crippen LogP) is 1.58. The highest BCUT2D eigenvalue weighted by molar-refractivity contribution is 6.06. The molecule has 2 bridgehead atoms. The van der Waals surface area contributed by atoms with Crippen LogP contribution in [0.4, 0.5) is 0 Å². The first-order chi connectivity index (χ1) is 7.32. The van der Waals surface area contributed by atoms with Crippen molar-refractivity contribution < 1.29 is 9.59 Å². The molecule has 0 aromatic heterocycles. The van der Waals surface area contributed by atoms with E-state index >= 15 is 0 Å². The van der Waals surface area contributed by atoms with Crippen LogP contribution in [0.3, 0.4) is 0 Å². The summed E-state index contributed by atoms with van der Waals surface area (Å²) in [5, 5.41) is 2.53. The van der Waals surface area contributed by atoms with Crippen LogP contribution in [0.25, 0.3) is 0 Å². The van der Waals surface area contributed by atoms with Gasteiger partial charge in [0.05, 0.1) is 11.8 Å². The van der Waals surface area contributed by atoms with Gasteiger partial charge < -0.3 is 0 Å². The number of amides is 2. The summed E-state index contributed by atoms with van der Waals surface area (Å²) in [5.74, 6) is 0.846. The van der Waals surface area contributed by atoms with Gasteiger partial charge in [-0.15, -0.1) is 0 Å². The second-order valence-corrected chi connectivity index (χ2v) is 6.57. The highest BCUT2D eigenvalue weighted by Gasteiger charge is 2.73. The van der Waals surface area contributed by atoms with Gasteiger partial charge in [-0.05, 0) is 29.1 Å². The zero-order valence-corrected chi connectivity index (χ0v) is 10.3. The maximum Gasteiger partial charge on any atom is 0.231 e. The second kappa shape index (κ2) is 2.52. The molecule has 2 aliphatic carbocycles. The fourth-order valence-corrected chi connectivity index (χ4v) is 5.01. The maximum absolute atomic E-state index is 11.9. The van der Waals surface area contributed by atoms with E-state index in [0.29, 0.717) is 11.8 Å². The summed E-state index contributed by atoms with van der Waals surface area (Å²) < 4.78 is 0. The number of carbonyl (C=O) groups is 2. The van der Waals surface area contributed by atoms with E-state index in [1.54, 1.807) is 0 Å². The van der Waals surface area contributed by atoms with E-state index in [1.165, 1.54) is 0 Å². The number of imide groups is 1. The highest BCUT2D eigenvalue weighted by Crippen LogP contribution is 2.72. The molecule has 0 radical (unpaired) electrons. The van der Waals surface area contributed by atoms with Crippen LogP contribution in [-0.2, 0) is 9.59 Å². The van der Waals surface area contributed by atoms with Gasteiger partial charge in [0.2, 0.25) is 11.8 Å².